The third kappa shape index (κ3) is 7.04. The van der Waals surface area contributed by atoms with Crippen molar-refractivity contribution in [2.45, 2.75) is 0 Å². The van der Waals surface area contributed by atoms with Gasteiger partial charge in [-0.05, 0) is 116 Å². The van der Waals surface area contributed by atoms with E-state index < -0.39 is 0 Å². The van der Waals surface area contributed by atoms with Gasteiger partial charge in [0, 0.05) is 33.5 Å². The summed E-state index contributed by atoms with van der Waals surface area (Å²) in [6, 6.07) is 91.9. The summed E-state index contributed by atoms with van der Waals surface area (Å²) in [5, 5.41) is 2.54. The van der Waals surface area contributed by atoms with E-state index in [1.54, 1.807) is 0 Å². The van der Waals surface area contributed by atoms with Crippen LogP contribution in [0.4, 0.5) is 17.1 Å². The molecule has 0 atom stereocenters. The summed E-state index contributed by atoms with van der Waals surface area (Å²) in [6.07, 6.45) is 0. The number of para-hydroxylation sites is 2. The van der Waals surface area contributed by atoms with Gasteiger partial charge in [-0.3, -0.25) is 0 Å². The molecule has 11 aromatic rings. The van der Waals surface area contributed by atoms with E-state index in [4.69, 9.17) is 0 Å². The zero-order chi connectivity index (χ0) is 41.2. The monoisotopic (exact) mass is 790 g/mol. The maximum atomic E-state index is 2.37. The first-order valence-corrected chi connectivity index (χ1v) is 21.2. The van der Waals surface area contributed by atoms with Crippen molar-refractivity contribution in [1.82, 2.24) is 4.57 Å². The average Bonchev–Trinajstić information content (AvgIpc) is 3.70. The van der Waals surface area contributed by atoms with Crippen molar-refractivity contribution in [3.8, 4) is 61.3 Å². The lowest BCUT2D eigenvalue weighted by Crippen LogP contribution is -2.09. The van der Waals surface area contributed by atoms with E-state index in [2.05, 4.69) is 264 Å². The standard InChI is InChI=1S/C60H42N2/c1-3-11-43(12-4-1)45-19-21-46(22-20-45)47-23-25-48(26-24-47)50-29-37-54(38-30-50)61(53-35-27-49(28-36-53)44-13-5-2-6-14-44)55-39-31-51(32-40-55)52-33-41-56(42-34-52)62-59-17-9-7-15-57(59)58-16-8-10-18-60(58)62/h1-42H. The molecular weight excluding hydrogens is 749 g/mol. The smallest absolute Gasteiger partial charge is 0.0541 e. The van der Waals surface area contributed by atoms with Crippen LogP contribution in [0.25, 0.3) is 83.1 Å². The van der Waals surface area contributed by atoms with Gasteiger partial charge in [-0.25, -0.2) is 0 Å². The van der Waals surface area contributed by atoms with Crippen LogP contribution in [-0.2, 0) is 0 Å². The van der Waals surface area contributed by atoms with Crippen molar-refractivity contribution in [3.63, 3.8) is 0 Å². The number of anilines is 3. The van der Waals surface area contributed by atoms with E-state index in [1.165, 1.54) is 77.4 Å². The summed E-state index contributed by atoms with van der Waals surface area (Å²) in [4.78, 5) is 2.34. The normalized spacial score (nSPS) is 11.2. The Balaban J connectivity index is 0.879. The fourth-order valence-electron chi connectivity index (χ4n) is 8.83. The van der Waals surface area contributed by atoms with Gasteiger partial charge >= 0.3 is 0 Å². The zero-order valence-electron chi connectivity index (χ0n) is 34.1. The molecule has 11 rings (SSSR count). The molecule has 2 heteroatoms. The van der Waals surface area contributed by atoms with E-state index in [9.17, 15) is 0 Å². The Morgan fingerprint density at radius 2 is 0.452 bits per heavy atom. The number of hydrogen-bond donors (Lipinski definition) is 0. The maximum Gasteiger partial charge on any atom is 0.0541 e. The molecule has 1 aromatic heterocycles. The minimum atomic E-state index is 1.10. The molecule has 0 aliphatic rings. The highest BCUT2D eigenvalue weighted by Gasteiger charge is 2.15. The van der Waals surface area contributed by atoms with Crippen molar-refractivity contribution in [1.29, 1.82) is 0 Å². The molecule has 2 nitrogen and oxygen atoms in total. The average molecular weight is 791 g/mol. The molecule has 0 bridgehead atoms. The zero-order valence-corrected chi connectivity index (χ0v) is 34.1. The predicted molar refractivity (Wildman–Crippen MR) is 263 cm³/mol. The Kier molecular flexibility index (Phi) is 9.57. The van der Waals surface area contributed by atoms with Crippen molar-refractivity contribution >= 4 is 38.9 Å². The molecule has 0 aliphatic heterocycles. The van der Waals surface area contributed by atoms with Crippen LogP contribution in [0, 0.1) is 0 Å². The highest BCUT2D eigenvalue weighted by molar-refractivity contribution is 6.09. The summed E-state index contributed by atoms with van der Waals surface area (Å²) < 4.78 is 2.37. The summed E-state index contributed by atoms with van der Waals surface area (Å²) >= 11 is 0. The lowest BCUT2D eigenvalue weighted by atomic mass is 9.98. The highest BCUT2D eigenvalue weighted by atomic mass is 15.1. The largest absolute Gasteiger partial charge is 0.311 e. The van der Waals surface area contributed by atoms with Crippen molar-refractivity contribution in [2.24, 2.45) is 0 Å². The fraction of sp³-hybridized carbons (Fsp3) is 0. The van der Waals surface area contributed by atoms with Crippen LogP contribution in [0.2, 0.25) is 0 Å². The van der Waals surface area contributed by atoms with Crippen LogP contribution >= 0.6 is 0 Å². The maximum absolute atomic E-state index is 2.37. The number of hydrogen-bond acceptors (Lipinski definition) is 1. The van der Waals surface area contributed by atoms with Gasteiger partial charge in [0.05, 0.1) is 11.0 Å². The number of rotatable bonds is 9. The number of aromatic nitrogens is 1. The second-order valence-electron chi connectivity index (χ2n) is 15.8. The first-order valence-electron chi connectivity index (χ1n) is 21.2. The molecule has 0 unspecified atom stereocenters. The molecular formula is C60H42N2. The van der Waals surface area contributed by atoms with Gasteiger partial charge in [0.2, 0.25) is 0 Å². The summed E-state index contributed by atoms with van der Waals surface area (Å²) in [6.45, 7) is 0. The third-order valence-electron chi connectivity index (χ3n) is 12.1. The van der Waals surface area contributed by atoms with Crippen molar-refractivity contribution in [2.75, 3.05) is 4.90 Å². The Labute approximate surface area is 362 Å². The molecule has 0 N–H and O–H groups in total. The first-order chi connectivity index (χ1) is 30.7. The van der Waals surface area contributed by atoms with Gasteiger partial charge < -0.3 is 9.47 Å². The molecule has 10 aromatic carbocycles. The second kappa shape index (κ2) is 16.1. The molecule has 1 heterocycles. The third-order valence-corrected chi connectivity index (χ3v) is 12.1. The second-order valence-corrected chi connectivity index (χ2v) is 15.8. The Morgan fingerprint density at radius 3 is 0.774 bits per heavy atom. The number of benzene rings is 10. The van der Waals surface area contributed by atoms with Crippen LogP contribution in [0.3, 0.4) is 0 Å². The van der Waals surface area contributed by atoms with Gasteiger partial charge in [0.1, 0.15) is 0 Å². The van der Waals surface area contributed by atoms with Crippen LogP contribution < -0.4 is 4.90 Å². The molecule has 0 amide bonds. The van der Waals surface area contributed by atoms with E-state index in [1.807, 2.05) is 0 Å². The summed E-state index contributed by atoms with van der Waals surface area (Å²) in [7, 11) is 0. The predicted octanol–water partition coefficient (Wildman–Crippen LogP) is 16.6. The Hall–Kier alpha value is -8.20. The van der Waals surface area contributed by atoms with Gasteiger partial charge in [-0.15, -0.1) is 0 Å². The van der Waals surface area contributed by atoms with Gasteiger partial charge in [0.15, 0.2) is 0 Å². The number of fused-ring (bicyclic) bond motifs is 3. The Bertz CT molecular complexity index is 3200. The highest BCUT2D eigenvalue weighted by Crippen LogP contribution is 2.39. The quantitative estimate of drug-likeness (QED) is 0.141. The van der Waals surface area contributed by atoms with Crippen LogP contribution in [0.5, 0.6) is 0 Å². The van der Waals surface area contributed by atoms with E-state index >= 15 is 0 Å². The first kappa shape index (κ1) is 36.8. The molecule has 62 heavy (non-hydrogen) atoms. The minimum absolute atomic E-state index is 1.10. The molecule has 0 aliphatic carbocycles. The fourth-order valence-corrected chi connectivity index (χ4v) is 8.83. The lowest BCUT2D eigenvalue weighted by molar-refractivity contribution is 1.18. The topological polar surface area (TPSA) is 8.17 Å². The number of nitrogens with zero attached hydrogens (tertiary/aromatic N) is 2. The molecule has 0 saturated heterocycles. The van der Waals surface area contributed by atoms with Crippen LogP contribution in [0.1, 0.15) is 0 Å². The van der Waals surface area contributed by atoms with Gasteiger partial charge in [-0.1, -0.05) is 194 Å². The minimum Gasteiger partial charge on any atom is -0.311 e. The molecule has 0 saturated carbocycles. The van der Waals surface area contributed by atoms with E-state index in [-0.39, 0.29) is 0 Å². The SMILES string of the molecule is c1ccc(-c2ccc(-c3ccc(-c4ccc(N(c5ccc(-c6ccccc6)cc5)c5ccc(-c6ccc(-n7c8ccccc8c8ccccc87)cc6)cc5)cc4)cc3)cc2)cc1. The Morgan fingerprint density at radius 1 is 0.210 bits per heavy atom. The van der Waals surface area contributed by atoms with Crippen LogP contribution in [0.15, 0.2) is 255 Å². The summed E-state index contributed by atoms with van der Waals surface area (Å²) in [5.41, 5.74) is 18.9. The van der Waals surface area contributed by atoms with Gasteiger partial charge in [0.25, 0.3) is 0 Å². The molecule has 0 spiro atoms. The van der Waals surface area contributed by atoms with E-state index in [0.717, 1.165) is 22.7 Å². The van der Waals surface area contributed by atoms with Crippen molar-refractivity contribution < 1.29 is 0 Å². The molecule has 0 radical (unpaired) electrons. The molecule has 292 valence electrons. The van der Waals surface area contributed by atoms with E-state index in [0.29, 0.717) is 0 Å². The van der Waals surface area contributed by atoms with Crippen LogP contribution in [-0.4, -0.2) is 4.57 Å². The van der Waals surface area contributed by atoms with Gasteiger partial charge in [-0.2, -0.15) is 0 Å². The lowest BCUT2D eigenvalue weighted by Gasteiger charge is -2.26. The van der Waals surface area contributed by atoms with Crippen molar-refractivity contribution in [3.05, 3.63) is 255 Å². The summed E-state index contributed by atoms with van der Waals surface area (Å²) in [5.74, 6) is 0. The molecule has 0 fully saturated rings.